The van der Waals surface area contributed by atoms with Crippen molar-refractivity contribution < 1.29 is 34.3 Å². The Kier molecular flexibility index (Phi) is 18.5. The van der Waals surface area contributed by atoms with Crippen LogP contribution in [0, 0.1) is 0 Å². The zero-order valence-corrected chi connectivity index (χ0v) is 28.1. The summed E-state index contributed by atoms with van der Waals surface area (Å²) >= 11 is 0. The number of esters is 1. The number of carbonyl (C=O) groups excluding carboxylic acids is 1. The molecule has 3 aliphatic rings. The first-order valence-corrected chi connectivity index (χ1v) is 18.6. The topological polar surface area (TPSA) is 105 Å². The van der Waals surface area contributed by atoms with Crippen LogP contribution < -0.4 is 0 Å². The minimum atomic E-state index is -0.479. The Balaban J connectivity index is 1.13. The maximum atomic E-state index is 11.6. The molecule has 0 aromatic carbocycles. The molecule has 0 saturated carbocycles. The van der Waals surface area contributed by atoms with Gasteiger partial charge in [-0.15, -0.1) is 0 Å². The molecule has 0 bridgehead atoms. The van der Waals surface area contributed by atoms with E-state index in [1.165, 1.54) is 64.2 Å². The highest BCUT2D eigenvalue weighted by Gasteiger charge is 2.40. The third-order valence-corrected chi connectivity index (χ3v) is 10.1. The Morgan fingerprint density at radius 3 is 1.68 bits per heavy atom. The lowest BCUT2D eigenvalue weighted by Gasteiger charge is -2.24. The molecular weight excluding hydrogens is 556 g/mol. The first-order chi connectivity index (χ1) is 21.4. The SMILES string of the molecule is CCCCCC[C@@H](O)CCC[C@H](O)[C@@H]1CC[C@H]([C@@H]2CC[C@H]([C@@H](O)CCCCCCCCCCCCC3=C[C@@H](C)OC3=O)O2)O1. The van der Waals surface area contributed by atoms with Crippen molar-refractivity contribution in [3.63, 3.8) is 0 Å². The molecule has 256 valence electrons. The van der Waals surface area contributed by atoms with Gasteiger partial charge in [-0.05, 0) is 83.6 Å². The van der Waals surface area contributed by atoms with E-state index in [0.29, 0.717) is 6.42 Å². The van der Waals surface area contributed by atoms with Crippen molar-refractivity contribution >= 4 is 5.97 Å². The Labute approximate surface area is 268 Å². The van der Waals surface area contributed by atoms with Gasteiger partial charge in [0.2, 0.25) is 0 Å². The number of hydrogen-bond donors (Lipinski definition) is 3. The lowest BCUT2D eigenvalue weighted by atomic mass is 9.99. The van der Waals surface area contributed by atoms with Gasteiger partial charge in [-0.25, -0.2) is 4.79 Å². The number of unbranched alkanes of at least 4 members (excludes halogenated alkanes) is 12. The Morgan fingerprint density at radius 1 is 0.659 bits per heavy atom. The van der Waals surface area contributed by atoms with Gasteiger partial charge in [-0.3, -0.25) is 0 Å². The molecule has 3 aliphatic heterocycles. The van der Waals surface area contributed by atoms with Crippen LogP contribution in [-0.2, 0) is 19.0 Å². The molecule has 0 aliphatic carbocycles. The fourth-order valence-corrected chi connectivity index (χ4v) is 7.28. The predicted octanol–water partition coefficient (Wildman–Crippen LogP) is 7.86. The molecule has 44 heavy (non-hydrogen) atoms. The summed E-state index contributed by atoms with van der Waals surface area (Å²) in [7, 11) is 0. The molecule has 0 aromatic rings. The van der Waals surface area contributed by atoms with E-state index >= 15 is 0 Å². The third-order valence-electron chi connectivity index (χ3n) is 10.1. The molecule has 7 heteroatoms. The number of aliphatic hydroxyl groups excluding tert-OH is 3. The monoisotopic (exact) mass is 622 g/mol. The second kappa shape index (κ2) is 21.7. The van der Waals surface area contributed by atoms with E-state index in [2.05, 4.69) is 6.92 Å². The molecule has 2 saturated heterocycles. The van der Waals surface area contributed by atoms with E-state index in [9.17, 15) is 20.1 Å². The largest absolute Gasteiger partial charge is 0.455 e. The van der Waals surface area contributed by atoms with Gasteiger partial charge in [0, 0.05) is 5.57 Å². The van der Waals surface area contributed by atoms with Gasteiger partial charge < -0.3 is 29.5 Å². The van der Waals surface area contributed by atoms with E-state index in [1.807, 2.05) is 13.0 Å². The van der Waals surface area contributed by atoms with Crippen LogP contribution >= 0.6 is 0 Å². The summed E-state index contributed by atoms with van der Waals surface area (Å²) in [4.78, 5) is 11.6. The first kappa shape index (κ1) is 37.5. The summed E-state index contributed by atoms with van der Waals surface area (Å²) in [6.45, 7) is 4.11. The van der Waals surface area contributed by atoms with Gasteiger partial charge in [0.05, 0.1) is 42.7 Å². The molecule has 0 aromatic heterocycles. The van der Waals surface area contributed by atoms with Crippen LogP contribution in [0.25, 0.3) is 0 Å². The Hall–Kier alpha value is -0.990. The lowest BCUT2D eigenvalue weighted by molar-refractivity contribution is -0.139. The Bertz CT molecular complexity index is 801. The van der Waals surface area contributed by atoms with E-state index in [1.54, 1.807) is 0 Å². The fraction of sp³-hybridized carbons (Fsp3) is 0.919. The minimum Gasteiger partial charge on any atom is -0.455 e. The summed E-state index contributed by atoms with van der Waals surface area (Å²) in [6.07, 6.45) is 25.7. The van der Waals surface area contributed by atoms with Crippen LogP contribution in [0.15, 0.2) is 11.6 Å². The van der Waals surface area contributed by atoms with Crippen LogP contribution in [0.3, 0.4) is 0 Å². The molecule has 7 nitrogen and oxygen atoms in total. The van der Waals surface area contributed by atoms with Crippen molar-refractivity contribution in [2.45, 2.75) is 217 Å². The molecule has 8 atom stereocenters. The number of aliphatic hydroxyl groups is 3. The summed E-state index contributed by atoms with van der Waals surface area (Å²) in [5.74, 6) is -0.123. The van der Waals surface area contributed by atoms with Gasteiger partial charge >= 0.3 is 5.97 Å². The van der Waals surface area contributed by atoms with Crippen molar-refractivity contribution in [3.8, 4) is 0 Å². The average molecular weight is 623 g/mol. The minimum absolute atomic E-state index is 0.0170. The lowest BCUT2D eigenvalue weighted by Crippen LogP contribution is -2.33. The smallest absolute Gasteiger partial charge is 0.334 e. The van der Waals surface area contributed by atoms with E-state index in [0.717, 1.165) is 89.0 Å². The number of cyclic esters (lactones) is 1. The summed E-state index contributed by atoms with van der Waals surface area (Å²) < 4.78 is 17.7. The first-order valence-electron chi connectivity index (χ1n) is 18.6. The zero-order chi connectivity index (χ0) is 31.6. The average Bonchev–Trinajstić information content (AvgIpc) is 3.76. The van der Waals surface area contributed by atoms with Crippen molar-refractivity contribution in [1.82, 2.24) is 0 Å². The maximum Gasteiger partial charge on any atom is 0.334 e. The second-order valence-electron chi connectivity index (χ2n) is 14.0. The zero-order valence-electron chi connectivity index (χ0n) is 28.1. The van der Waals surface area contributed by atoms with Crippen molar-refractivity contribution in [2.75, 3.05) is 0 Å². The van der Waals surface area contributed by atoms with E-state index in [4.69, 9.17) is 14.2 Å². The number of rotatable bonds is 25. The maximum absolute atomic E-state index is 11.6. The molecule has 3 heterocycles. The van der Waals surface area contributed by atoms with Crippen molar-refractivity contribution in [1.29, 1.82) is 0 Å². The number of carbonyl (C=O) groups is 1. The van der Waals surface area contributed by atoms with E-state index < -0.39 is 12.2 Å². The van der Waals surface area contributed by atoms with E-state index in [-0.39, 0.29) is 42.6 Å². The van der Waals surface area contributed by atoms with Crippen LogP contribution in [0.5, 0.6) is 0 Å². The summed E-state index contributed by atoms with van der Waals surface area (Å²) in [5.41, 5.74) is 0.863. The van der Waals surface area contributed by atoms with Crippen molar-refractivity contribution in [3.05, 3.63) is 11.6 Å². The summed E-state index contributed by atoms with van der Waals surface area (Å²) in [6, 6.07) is 0. The fourth-order valence-electron chi connectivity index (χ4n) is 7.28. The quantitative estimate of drug-likeness (QED) is 0.0703. The number of hydrogen-bond acceptors (Lipinski definition) is 7. The molecule has 0 radical (unpaired) electrons. The normalized spacial score (nSPS) is 27.4. The van der Waals surface area contributed by atoms with Gasteiger partial charge in [-0.2, -0.15) is 0 Å². The van der Waals surface area contributed by atoms with Gasteiger partial charge in [0.15, 0.2) is 0 Å². The van der Waals surface area contributed by atoms with Crippen LogP contribution in [-0.4, -0.2) is 70.1 Å². The highest BCUT2D eigenvalue weighted by atomic mass is 16.6. The highest BCUT2D eigenvalue weighted by molar-refractivity contribution is 5.90. The van der Waals surface area contributed by atoms with Gasteiger partial charge in [-0.1, -0.05) is 90.4 Å². The molecule has 0 spiro atoms. The predicted molar refractivity (Wildman–Crippen MR) is 175 cm³/mol. The van der Waals surface area contributed by atoms with Gasteiger partial charge in [0.25, 0.3) is 0 Å². The standard InChI is InChI=1S/C37H66O7/c1-3-4-5-15-19-30(38)20-17-22-32(40)34-24-26-36(44-34)35-25-23-33(43-35)31(39)21-16-13-11-9-7-6-8-10-12-14-18-29-27-28(2)42-37(29)41/h27-28,30-36,38-40H,3-26H2,1-2H3/t28-,30-,31+,32+,33-,34+,35+,36-/m1/s1. The number of ether oxygens (including phenoxy) is 3. The van der Waals surface area contributed by atoms with Crippen LogP contribution in [0.1, 0.15) is 168 Å². The second-order valence-corrected chi connectivity index (χ2v) is 14.0. The third kappa shape index (κ3) is 14.2. The van der Waals surface area contributed by atoms with Crippen LogP contribution in [0.2, 0.25) is 0 Å². The highest BCUT2D eigenvalue weighted by Crippen LogP contribution is 2.34. The van der Waals surface area contributed by atoms with Crippen LogP contribution in [0.4, 0.5) is 0 Å². The molecule has 3 rings (SSSR count). The summed E-state index contributed by atoms with van der Waals surface area (Å²) in [5, 5.41) is 31.6. The molecule has 2 fully saturated rings. The molecular formula is C37H66O7. The Morgan fingerprint density at radius 2 is 1.14 bits per heavy atom. The molecule has 0 unspecified atom stereocenters. The molecule has 0 amide bonds. The molecule has 3 N–H and O–H groups in total. The van der Waals surface area contributed by atoms with Gasteiger partial charge in [0.1, 0.15) is 6.10 Å². The van der Waals surface area contributed by atoms with Crippen molar-refractivity contribution in [2.24, 2.45) is 0 Å².